The summed E-state index contributed by atoms with van der Waals surface area (Å²) in [6, 6.07) is 5.37. The standard InChI is InChI=1S/C12H13ClO3/c13-8-1-2-11-9(5-8)10(14)6-12(16-11)3-4-15-7-12/h1-2,5,10,14H,3-4,6-7H2/t10-,12?/m0/s1. The SMILES string of the molecule is O[C@H]1CC2(CCOC2)Oc2ccc(Cl)cc21. The smallest absolute Gasteiger partial charge is 0.137 e. The average Bonchev–Trinajstić information content (AvgIpc) is 2.68. The first-order valence-corrected chi connectivity index (χ1v) is 5.81. The lowest BCUT2D eigenvalue weighted by molar-refractivity contribution is -0.0194. The quantitative estimate of drug-likeness (QED) is 0.756. The molecule has 0 aliphatic carbocycles. The van der Waals surface area contributed by atoms with Crippen molar-refractivity contribution in [2.24, 2.45) is 0 Å². The van der Waals surface area contributed by atoms with Crippen LogP contribution in [0.2, 0.25) is 5.02 Å². The molecule has 2 atom stereocenters. The molecule has 0 radical (unpaired) electrons. The average molecular weight is 241 g/mol. The molecule has 0 amide bonds. The van der Waals surface area contributed by atoms with E-state index in [2.05, 4.69) is 0 Å². The van der Waals surface area contributed by atoms with E-state index in [9.17, 15) is 5.11 Å². The third kappa shape index (κ3) is 1.59. The molecule has 2 heterocycles. The maximum Gasteiger partial charge on any atom is 0.137 e. The summed E-state index contributed by atoms with van der Waals surface area (Å²) < 4.78 is 11.3. The highest BCUT2D eigenvalue weighted by Crippen LogP contribution is 2.43. The highest BCUT2D eigenvalue weighted by molar-refractivity contribution is 6.30. The Morgan fingerprint density at radius 1 is 1.44 bits per heavy atom. The largest absolute Gasteiger partial charge is 0.484 e. The first-order chi connectivity index (χ1) is 7.69. The number of benzene rings is 1. The number of rotatable bonds is 0. The van der Waals surface area contributed by atoms with Crippen molar-refractivity contribution in [1.29, 1.82) is 0 Å². The molecule has 1 fully saturated rings. The molecule has 1 aromatic rings. The Bertz CT molecular complexity index is 413. The summed E-state index contributed by atoms with van der Waals surface area (Å²) in [4.78, 5) is 0. The highest BCUT2D eigenvalue weighted by Gasteiger charge is 2.43. The summed E-state index contributed by atoms with van der Waals surface area (Å²) in [6.45, 7) is 1.27. The minimum absolute atomic E-state index is 0.333. The molecule has 1 aromatic carbocycles. The molecule has 0 saturated carbocycles. The Balaban J connectivity index is 1.99. The van der Waals surface area contributed by atoms with E-state index in [1.165, 1.54) is 0 Å². The van der Waals surface area contributed by atoms with E-state index in [4.69, 9.17) is 21.1 Å². The third-order valence-electron chi connectivity index (χ3n) is 3.29. The van der Waals surface area contributed by atoms with Gasteiger partial charge in [0.1, 0.15) is 11.4 Å². The Labute approximate surface area is 98.9 Å². The molecule has 4 heteroatoms. The van der Waals surface area contributed by atoms with Gasteiger partial charge in [-0.25, -0.2) is 0 Å². The molecule has 1 saturated heterocycles. The normalized spacial score (nSPS) is 32.5. The van der Waals surface area contributed by atoms with E-state index in [0.717, 1.165) is 17.7 Å². The lowest BCUT2D eigenvalue weighted by Crippen LogP contribution is -2.41. The maximum absolute atomic E-state index is 10.1. The van der Waals surface area contributed by atoms with Gasteiger partial charge in [-0.3, -0.25) is 0 Å². The van der Waals surface area contributed by atoms with Crippen LogP contribution < -0.4 is 4.74 Å². The van der Waals surface area contributed by atoms with Gasteiger partial charge in [-0.05, 0) is 18.2 Å². The van der Waals surface area contributed by atoms with E-state index in [1.807, 2.05) is 6.07 Å². The number of hydrogen-bond donors (Lipinski definition) is 1. The van der Waals surface area contributed by atoms with Gasteiger partial charge in [0.25, 0.3) is 0 Å². The first kappa shape index (κ1) is 10.4. The molecule has 2 aliphatic heterocycles. The summed E-state index contributed by atoms with van der Waals surface area (Å²) in [5.41, 5.74) is 0.449. The van der Waals surface area contributed by atoms with E-state index < -0.39 is 6.10 Å². The molecule has 2 aliphatic rings. The molecular weight excluding hydrogens is 228 g/mol. The first-order valence-electron chi connectivity index (χ1n) is 5.43. The molecule has 16 heavy (non-hydrogen) atoms. The zero-order valence-corrected chi connectivity index (χ0v) is 9.54. The van der Waals surface area contributed by atoms with Gasteiger partial charge in [0.2, 0.25) is 0 Å². The molecule has 1 unspecified atom stereocenters. The molecule has 3 rings (SSSR count). The van der Waals surface area contributed by atoms with Crippen molar-refractivity contribution in [1.82, 2.24) is 0 Å². The van der Waals surface area contributed by atoms with E-state index in [0.29, 0.717) is 24.7 Å². The monoisotopic (exact) mass is 240 g/mol. The minimum Gasteiger partial charge on any atom is -0.484 e. The van der Waals surface area contributed by atoms with Gasteiger partial charge in [0, 0.05) is 23.4 Å². The van der Waals surface area contributed by atoms with Crippen molar-refractivity contribution in [3.63, 3.8) is 0 Å². The maximum atomic E-state index is 10.1. The second-order valence-corrected chi connectivity index (χ2v) is 4.93. The molecule has 3 nitrogen and oxygen atoms in total. The van der Waals surface area contributed by atoms with Crippen molar-refractivity contribution < 1.29 is 14.6 Å². The van der Waals surface area contributed by atoms with Crippen LogP contribution in [0.25, 0.3) is 0 Å². The van der Waals surface area contributed by atoms with Crippen molar-refractivity contribution in [2.45, 2.75) is 24.5 Å². The van der Waals surface area contributed by atoms with Gasteiger partial charge in [-0.15, -0.1) is 0 Å². The van der Waals surface area contributed by atoms with Gasteiger partial charge >= 0.3 is 0 Å². The van der Waals surface area contributed by atoms with Crippen molar-refractivity contribution in [3.05, 3.63) is 28.8 Å². The number of hydrogen-bond acceptors (Lipinski definition) is 3. The van der Waals surface area contributed by atoms with Gasteiger partial charge in [0.15, 0.2) is 0 Å². The van der Waals surface area contributed by atoms with Crippen LogP contribution >= 0.6 is 11.6 Å². The van der Waals surface area contributed by atoms with Crippen LogP contribution in [-0.4, -0.2) is 23.9 Å². The van der Waals surface area contributed by atoms with Crippen molar-refractivity contribution >= 4 is 11.6 Å². The third-order valence-corrected chi connectivity index (χ3v) is 3.52. The van der Waals surface area contributed by atoms with Crippen LogP contribution in [0.1, 0.15) is 24.5 Å². The fourth-order valence-corrected chi connectivity index (χ4v) is 2.62. The molecule has 1 spiro atoms. The zero-order chi connectivity index (χ0) is 11.2. The van der Waals surface area contributed by atoms with Gasteiger partial charge in [-0.2, -0.15) is 0 Å². The Morgan fingerprint density at radius 2 is 2.31 bits per heavy atom. The van der Waals surface area contributed by atoms with Crippen LogP contribution in [0, 0.1) is 0 Å². The number of aliphatic hydroxyl groups excluding tert-OH is 1. The number of halogens is 1. The highest BCUT2D eigenvalue weighted by atomic mass is 35.5. The fourth-order valence-electron chi connectivity index (χ4n) is 2.44. The van der Waals surface area contributed by atoms with Gasteiger partial charge < -0.3 is 14.6 Å². The summed E-state index contributed by atoms with van der Waals surface area (Å²) in [5, 5.41) is 10.7. The van der Waals surface area contributed by atoms with Gasteiger partial charge in [-0.1, -0.05) is 11.6 Å². The van der Waals surface area contributed by atoms with Crippen molar-refractivity contribution in [2.75, 3.05) is 13.2 Å². The summed E-state index contributed by atoms with van der Waals surface area (Å²) in [6.07, 6.45) is 0.913. The van der Waals surface area contributed by atoms with Gasteiger partial charge in [0.05, 0.1) is 19.3 Å². The summed E-state index contributed by atoms with van der Waals surface area (Å²) in [7, 11) is 0. The molecular formula is C12H13ClO3. The zero-order valence-electron chi connectivity index (χ0n) is 8.78. The minimum atomic E-state index is -0.510. The Hall–Kier alpha value is -0.770. The molecule has 0 aromatic heterocycles. The molecule has 0 bridgehead atoms. The van der Waals surface area contributed by atoms with Crippen LogP contribution in [0.5, 0.6) is 5.75 Å². The summed E-state index contributed by atoms with van der Waals surface area (Å²) in [5.74, 6) is 0.730. The predicted molar refractivity (Wildman–Crippen MR) is 59.8 cm³/mol. The van der Waals surface area contributed by atoms with Crippen LogP contribution in [0.3, 0.4) is 0 Å². The van der Waals surface area contributed by atoms with E-state index in [1.54, 1.807) is 12.1 Å². The van der Waals surface area contributed by atoms with Crippen LogP contribution in [-0.2, 0) is 4.74 Å². The van der Waals surface area contributed by atoms with E-state index in [-0.39, 0.29) is 5.60 Å². The number of ether oxygens (including phenoxy) is 2. The predicted octanol–water partition coefficient (Wildman–Crippen LogP) is 2.32. The van der Waals surface area contributed by atoms with Crippen LogP contribution in [0.4, 0.5) is 0 Å². The molecule has 1 N–H and O–H groups in total. The fraction of sp³-hybridized carbons (Fsp3) is 0.500. The second kappa shape index (κ2) is 3.62. The molecule has 86 valence electrons. The van der Waals surface area contributed by atoms with Crippen LogP contribution in [0.15, 0.2) is 18.2 Å². The Kier molecular flexibility index (Phi) is 2.35. The van der Waals surface area contributed by atoms with Crippen molar-refractivity contribution in [3.8, 4) is 5.75 Å². The Morgan fingerprint density at radius 3 is 3.06 bits per heavy atom. The lowest BCUT2D eigenvalue weighted by Gasteiger charge is -2.37. The topological polar surface area (TPSA) is 38.7 Å². The number of aliphatic hydroxyl groups is 1. The second-order valence-electron chi connectivity index (χ2n) is 4.49. The lowest BCUT2D eigenvalue weighted by atomic mass is 9.88. The summed E-state index contributed by atoms with van der Waals surface area (Å²) >= 11 is 5.90. The number of fused-ring (bicyclic) bond motifs is 1. The van der Waals surface area contributed by atoms with E-state index >= 15 is 0 Å².